The molecule has 3 atom stereocenters. The quantitative estimate of drug-likeness (QED) is 0.878. The summed E-state index contributed by atoms with van der Waals surface area (Å²) >= 11 is 0. The lowest BCUT2D eigenvalue weighted by atomic mass is 9.86. The van der Waals surface area contributed by atoms with Crippen LogP contribution >= 0.6 is 0 Å². The van der Waals surface area contributed by atoms with Crippen molar-refractivity contribution in [3.05, 3.63) is 23.8 Å². The van der Waals surface area contributed by atoms with Crippen molar-refractivity contribution in [3.8, 4) is 0 Å². The predicted molar refractivity (Wildman–Crippen MR) is 94.3 cm³/mol. The van der Waals surface area contributed by atoms with Gasteiger partial charge >= 0.3 is 0 Å². The highest BCUT2D eigenvalue weighted by atomic mass is 16.2. The molecule has 4 rings (SSSR count). The Labute approximate surface area is 142 Å². The van der Waals surface area contributed by atoms with Crippen LogP contribution in [0.1, 0.15) is 55.8 Å². The number of nitrogens with zero attached hydrogens (tertiary/aromatic N) is 1. The fourth-order valence-corrected chi connectivity index (χ4v) is 4.35. The average Bonchev–Trinajstić information content (AvgIpc) is 3.07. The lowest BCUT2D eigenvalue weighted by molar-refractivity contribution is -0.117. The molecule has 2 fully saturated rings. The topological polar surface area (TPSA) is 61.4 Å². The molecule has 5 heteroatoms. The average molecular weight is 327 g/mol. The van der Waals surface area contributed by atoms with E-state index in [1.54, 1.807) is 0 Å². The maximum absolute atomic E-state index is 12.6. The summed E-state index contributed by atoms with van der Waals surface area (Å²) in [5.74, 6) is 0.554. The summed E-state index contributed by atoms with van der Waals surface area (Å²) in [5, 5.41) is 6.16. The van der Waals surface area contributed by atoms with Gasteiger partial charge in [-0.3, -0.25) is 9.59 Å². The Morgan fingerprint density at radius 3 is 2.88 bits per heavy atom. The Morgan fingerprint density at radius 2 is 2.04 bits per heavy atom. The standard InChI is InChI=1S/C19H25N3O2/c1-12-5-2-3-6-14(12)20-18(23)13-8-9-16-15(11-13)21-19(24)17-7-4-10-22(16)17/h8-9,11-12,14,17H,2-7,10H2,1H3,(H,20,23)(H,21,24)/t12-,14-,17+/m0/s1. The first-order chi connectivity index (χ1) is 11.6. The highest BCUT2D eigenvalue weighted by Gasteiger charge is 2.36. The Balaban J connectivity index is 1.54. The molecule has 2 N–H and O–H groups in total. The third-order valence-electron chi connectivity index (χ3n) is 5.81. The van der Waals surface area contributed by atoms with Crippen LogP contribution in [0.25, 0.3) is 0 Å². The zero-order valence-corrected chi connectivity index (χ0v) is 14.2. The van der Waals surface area contributed by atoms with Gasteiger partial charge in [-0.2, -0.15) is 0 Å². The van der Waals surface area contributed by atoms with Gasteiger partial charge in [0.05, 0.1) is 11.4 Å². The van der Waals surface area contributed by atoms with E-state index in [1.165, 1.54) is 19.3 Å². The van der Waals surface area contributed by atoms with Crippen LogP contribution in [0.5, 0.6) is 0 Å². The molecule has 0 unspecified atom stereocenters. The second-order valence-electron chi connectivity index (χ2n) is 7.41. The van der Waals surface area contributed by atoms with Gasteiger partial charge in [0.2, 0.25) is 5.91 Å². The van der Waals surface area contributed by atoms with Crippen LogP contribution in [0.3, 0.4) is 0 Å². The van der Waals surface area contributed by atoms with Crippen molar-refractivity contribution < 1.29 is 9.59 Å². The number of rotatable bonds is 2. The number of hydrogen-bond acceptors (Lipinski definition) is 3. The molecule has 2 amide bonds. The fourth-order valence-electron chi connectivity index (χ4n) is 4.35. The second kappa shape index (κ2) is 6.11. The van der Waals surface area contributed by atoms with Gasteiger partial charge in [-0.05, 0) is 49.8 Å². The molecule has 2 heterocycles. The van der Waals surface area contributed by atoms with E-state index < -0.39 is 0 Å². The summed E-state index contributed by atoms with van der Waals surface area (Å²) in [6.07, 6.45) is 6.64. The molecule has 1 saturated carbocycles. The van der Waals surface area contributed by atoms with Crippen molar-refractivity contribution in [2.75, 3.05) is 16.8 Å². The minimum atomic E-state index is -0.0414. The van der Waals surface area contributed by atoms with Gasteiger partial charge < -0.3 is 15.5 Å². The summed E-state index contributed by atoms with van der Waals surface area (Å²) in [6.45, 7) is 3.13. The van der Waals surface area contributed by atoms with E-state index in [9.17, 15) is 9.59 Å². The van der Waals surface area contributed by atoms with Crippen LogP contribution < -0.4 is 15.5 Å². The van der Waals surface area contributed by atoms with Gasteiger partial charge in [-0.1, -0.05) is 19.8 Å². The number of fused-ring (bicyclic) bond motifs is 3. The van der Waals surface area contributed by atoms with Gasteiger partial charge in [0.15, 0.2) is 0 Å². The molecule has 0 bridgehead atoms. The van der Waals surface area contributed by atoms with Crippen molar-refractivity contribution in [2.45, 2.75) is 57.5 Å². The van der Waals surface area contributed by atoms with E-state index in [0.29, 0.717) is 11.5 Å². The van der Waals surface area contributed by atoms with E-state index in [1.807, 2.05) is 18.2 Å². The van der Waals surface area contributed by atoms with Crippen molar-refractivity contribution in [1.29, 1.82) is 0 Å². The van der Waals surface area contributed by atoms with Crippen LogP contribution in [0.4, 0.5) is 11.4 Å². The smallest absolute Gasteiger partial charge is 0.251 e. The van der Waals surface area contributed by atoms with Gasteiger partial charge in [-0.25, -0.2) is 0 Å². The Hall–Kier alpha value is -2.04. The molecule has 0 radical (unpaired) electrons. The van der Waals surface area contributed by atoms with Crippen LogP contribution in [-0.2, 0) is 4.79 Å². The zero-order chi connectivity index (χ0) is 16.7. The van der Waals surface area contributed by atoms with Crippen LogP contribution in [0, 0.1) is 5.92 Å². The lowest BCUT2D eigenvalue weighted by Crippen LogP contribution is -2.44. The number of benzene rings is 1. The third-order valence-corrected chi connectivity index (χ3v) is 5.81. The minimum absolute atomic E-state index is 0.0330. The Bertz CT molecular complexity index is 673. The minimum Gasteiger partial charge on any atom is -0.358 e. The molecule has 2 aliphatic heterocycles. The summed E-state index contributed by atoms with van der Waals surface area (Å²) in [5.41, 5.74) is 2.44. The Kier molecular flexibility index (Phi) is 3.94. The van der Waals surface area contributed by atoms with E-state index in [0.717, 1.165) is 37.2 Å². The lowest BCUT2D eigenvalue weighted by Gasteiger charge is -2.33. The molecule has 0 spiro atoms. The first-order valence-corrected chi connectivity index (χ1v) is 9.16. The molecule has 0 aromatic heterocycles. The van der Waals surface area contributed by atoms with E-state index in [4.69, 9.17) is 0 Å². The van der Waals surface area contributed by atoms with Crippen LogP contribution in [-0.4, -0.2) is 30.4 Å². The summed E-state index contributed by atoms with van der Waals surface area (Å²) in [7, 11) is 0. The monoisotopic (exact) mass is 327 g/mol. The van der Waals surface area contributed by atoms with Gasteiger partial charge in [0, 0.05) is 18.2 Å². The number of nitrogens with one attached hydrogen (secondary N) is 2. The molecule has 1 aromatic rings. The molecular weight excluding hydrogens is 302 g/mol. The molecule has 5 nitrogen and oxygen atoms in total. The summed E-state index contributed by atoms with van der Waals surface area (Å²) in [6, 6.07) is 5.91. The maximum Gasteiger partial charge on any atom is 0.251 e. The Morgan fingerprint density at radius 1 is 1.21 bits per heavy atom. The largest absolute Gasteiger partial charge is 0.358 e. The van der Waals surface area contributed by atoms with Crippen molar-refractivity contribution in [3.63, 3.8) is 0 Å². The molecule has 128 valence electrons. The second-order valence-corrected chi connectivity index (χ2v) is 7.41. The highest BCUT2D eigenvalue weighted by molar-refractivity contribution is 6.06. The zero-order valence-electron chi connectivity index (χ0n) is 14.2. The number of anilines is 2. The maximum atomic E-state index is 12.6. The summed E-state index contributed by atoms with van der Waals surface area (Å²) < 4.78 is 0. The molecule has 3 aliphatic rings. The fraction of sp³-hybridized carbons (Fsp3) is 0.579. The number of carbonyl (C=O) groups is 2. The van der Waals surface area contributed by atoms with E-state index >= 15 is 0 Å². The first kappa shape index (κ1) is 15.5. The molecular formula is C19H25N3O2. The number of carbonyl (C=O) groups excluding carboxylic acids is 2. The number of hydrogen-bond donors (Lipinski definition) is 2. The first-order valence-electron chi connectivity index (χ1n) is 9.16. The molecule has 1 aliphatic carbocycles. The van der Waals surface area contributed by atoms with E-state index in [2.05, 4.69) is 22.5 Å². The van der Waals surface area contributed by atoms with Gasteiger partial charge in [0.1, 0.15) is 6.04 Å². The van der Waals surface area contributed by atoms with Gasteiger partial charge in [0.25, 0.3) is 5.91 Å². The van der Waals surface area contributed by atoms with Crippen molar-refractivity contribution in [1.82, 2.24) is 5.32 Å². The highest BCUT2D eigenvalue weighted by Crippen LogP contribution is 2.37. The predicted octanol–water partition coefficient (Wildman–Crippen LogP) is 2.92. The van der Waals surface area contributed by atoms with Gasteiger partial charge in [-0.15, -0.1) is 0 Å². The molecule has 1 aromatic carbocycles. The SMILES string of the molecule is C[C@H]1CCCC[C@@H]1NC(=O)c1ccc2c(c1)NC(=O)[C@H]1CCCN21. The van der Waals surface area contributed by atoms with Crippen molar-refractivity contribution >= 4 is 23.2 Å². The van der Waals surface area contributed by atoms with Crippen LogP contribution in [0.15, 0.2) is 18.2 Å². The molecule has 24 heavy (non-hydrogen) atoms. The molecule has 1 saturated heterocycles. The normalized spacial score (nSPS) is 28.8. The van der Waals surface area contributed by atoms with Crippen molar-refractivity contribution in [2.24, 2.45) is 5.92 Å². The third kappa shape index (κ3) is 2.66. The van der Waals surface area contributed by atoms with Crippen LogP contribution in [0.2, 0.25) is 0 Å². The number of amides is 2. The van der Waals surface area contributed by atoms with E-state index in [-0.39, 0.29) is 23.9 Å². The summed E-state index contributed by atoms with van der Waals surface area (Å²) in [4.78, 5) is 27.0.